The van der Waals surface area contributed by atoms with Gasteiger partial charge in [0.25, 0.3) is 5.69 Å². The Morgan fingerprint density at radius 2 is 1.61 bits per heavy atom. The number of esters is 1. The Bertz CT molecular complexity index is 805. The van der Waals surface area contributed by atoms with Crippen LogP contribution in [0.15, 0.2) is 66.7 Å². The molecule has 0 fully saturated rings. The van der Waals surface area contributed by atoms with Crippen LogP contribution in [0.25, 0.3) is 11.3 Å². The van der Waals surface area contributed by atoms with Crippen molar-refractivity contribution in [3.05, 3.63) is 88.0 Å². The zero-order chi connectivity index (χ0) is 16.2. The fraction of sp³-hybridized carbons (Fsp3) is 0.0556. The molecular weight excluding hydrogens is 294 g/mol. The highest BCUT2D eigenvalue weighted by Crippen LogP contribution is 2.27. The van der Waals surface area contributed by atoms with Gasteiger partial charge >= 0.3 is 5.97 Å². The normalized spacial score (nSPS) is 14.3. The molecule has 0 saturated carbocycles. The molecule has 114 valence electrons. The van der Waals surface area contributed by atoms with Crippen molar-refractivity contribution < 1.29 is 14.5 Å². The van der Waals surface area contributed by atoms with Gasteiger partial charge in [0.05, 0.1) is 10.5 Å². The summed E-state index contributed by atoms with van der Waals surface area (Å²) in [6.07, 6.45) is 4.15. The third kappa shape index (κ3) is 3.18. The number of ether oxygens (including phenoxy) is 1. The minimum Gasteiger partial charge on any atom is -0.423 e. The van der Waals surface area contributed by atoms with Crippen LogP contribution >= 0.6 is 0 Å². The van der Waals surface area contributed by atoms with Gasteiger partial charge < -0.3 is 4.74 Å². The molecule has 1 heterocycles. The van der Waals surface area contributed by atoms with E-state index in [2.05, 4.69) is 0 Å². The second-order valence-corrected chi connectivity index (χ2v) is 4.98. The summed E-state index contributed by atoms with van der Waals surface area (Å²) in [6, 6.07) is 15.2. The molecule has 5 heteroatoms. The Morgan fingerprint density at radius 1 is 0.913 bits per heavy atom. The van der Waals surface area contributed by atoms with E-state index in [0.717, 1.165) is 5.56 Å². The lowest BCUT2D eigenvalue weighted by molar-refractivity contribution is -0.384. The number of nitro benzene ring substituents is 1. The number of carbonyl (C=O) groups excluding carboxylic acids is 1. The van der Waals surface area contributed by atoms with Crippen LogP contribution in [0.3, 0.4) is 0 Å². The highest BCUT2D eigenvalue weighted by atomic mass is 16.6. The number of carbonyl (C=O) groups is 1. The van der Waals surface area contributed by atoms with Crippen LogP contribution in [-0.4, -0.2) is 10.9 Å². The van der Waals surface area contributed by atoms with Crippen molar-refractivity contribution in [2.24, 2.45) is 0 Å². The molecule has 0 bridgehead atoms. The van der Waals surface area contributed by atoms with Crippen LogP contribution in [-0.2, 0) is 9.53 Å². The lowest BCUT2D eigenvalue weighted by Gasteiger charge is -2.09. The molecule has 2 aromatic rings. The van der Waals surface area contributed by atoms with Crippen molar-refractivity contribution in [3.63, 3.8) is 0 Å². The molecule has 23 heavy (non-hydrogen) atoms. The molecule has 5 nitrogen and oxygen atoms in total. The van der Waals surface area contributed by atoms with Crippen LogP contribution < -0.4 is 0 Å². The number of cyclic esters (lactones) is 1. The fourth-order valence-electron chi connectivity index (χ4n) is 2.34. The summed E-state index contributed by atoms with van der Waals surface area (Å²) in [5.74, 6) is 0.0511. The first-order valence-corrected chi connectivity index (χ1v) is 7.08. The summed E-state index contributed by atoms with van der Waals surface area (Å²) in [5, 5.41) is 10.7. The van der Waals surface area contributed by atoms with Gasteiger partial charge in [0.1, 0.15) is 5.76 Å². The highest BCUT2D eigenvalue weighted by Gasteiger charge is 2.19. The number of hydrogen-bond acceptors (Lipinski definition) is 4. The smallest absolute Gasteiger partial charge is 0.343 e. The Labute approximate surface area is 132 Å². The summed E-state index contributed by atoms with van der Waals surface area (Å²) in [6.45, 7) is 0. The molecule has 0 atom stereocenters. The maximum Gasteiger partial charge on any atom is 0.343 e. The molecule has 0 spiro atoms. The molecule has 0 amide bonds. The van der Waals surface area contributed by atoms with E-state index in [-0.39, 0.29) is 5.69 Å². The SMILES string of the molecule is O=C1OC(c2ccccc2)=CCC=C1c1ccc([N+](=O)[O-])cc1. The quantitative estimate of drug-likeness (QED) is 0.489. The largest absolute Gasteiger partial charge is 0.423 e. The Kier molecular flexibility index (Phi) is 4.01. The van der Waals surface area contributed by atoms with E-state index >= 15 is 0 Å². The van der Waals surface area contributed by atoms with Gasteiger partial charge in [-0.2, -0.15) is 0 Å². The third-order valence-corrected chi connectivity index (χ3v) is 3.50. The van der Waals surface area contributed by atoms with Crippen molar-refractivity contribution in [1.29, 1.82) is 0 Å². The van der Waals surface area contributed by atoms with E-state index in [0.29, 0.717) is 23.3 Å². The number of nitrogens with zero attached hydrogens (tertiary/aromatic N) is 1. The van der Waals surface area contributed by atoms with Crippen molar-refractivity contribution >= 4 is 23.0 Å². The predicted octanol–water partition coefficient (Wildman–Crippen LogP) is 3.97. The summed E-state index contributed by atoms with van der Waals surface area (Å²) < 4.78 is 5.46. The standard InChI is InChI=1S/C18H13NO4/c20-18-16(13-9-11-15(12-10-13)19(21)22)7-4-8-17(23-18)14-5-2-1-3-6-14/h1-3,5-12H,4H2. The fourth-order valence-corrected chi connectivity index (χ4v) is 2.34. The Hall–Kier alpha value is -3.21. The number of non-ortho nitro benzene ring substituents is 1. The minimum atomic E-state index is -0.474. The molecule has 2 aromatic carbocycles. The van der Waals surface area contributed by atoms with Crippen LogP contribution in [0, 0.1) is 10.1 Å². The maximum atomic E-state index is 12.4. The van der Waals surface area contributed by atoms with Crippen LogP contribution in [0.5, 0.6) is 0 Å². The first-order valence-electron chi connectivity index (χ1n) is 7.08. The number of allylic oxidation sites excluding steroid dienone is 2. The van der Waals surface area contributed by atoms with Gasteiger partial charge in [-0.25, -0.2) is 4.79 Å². The summed E-state index contributed by atoms with van der Waals surface area (Å²) in [4.78, 5) is 22.6. The van der Waals surface area contributed by atoms with Crippen molar-refractivity contribution in [3.8, 4) is 0 Å². The molecule has 1 aliphatic rings. The predicted molar refractivity (Wildman–Crippen MR) is 86.2 cm³/mol. The van der Waals surface area contributed by atoms with Crippen LogP contribution in [0.2, 0.25) is 0 Å². The van der Waals surface area contributed by atoms with E-state index in [9.17, 15) is 14.9 Å². The average Bonchev–Trinajstić information content (AvgIpc) is 2.77. The van der Waals surface area contributed by atoms with E-state index < -0.39 is 10.9 Å². The Balaban J connectivity index is 1.83. The van der Waals surface area contributed by atoms with Crippen molar-refractivity contribution in [2.45, 2.75) is 6.42 Å². The number of benzene rings is 2. The zero-order valence-corrected chi connectivity index (χ0v) is 12.1. The highest BCUT2D eigenvalue weighted by molar-refractivity contribution is 6.18. The van der Waals surface area contributed by atoms with Crippen molar-refractivity contribution in [2.75, 3.05) is 0 Å². The van der Waals surface area contributed by atoms with Gasteiger partial charge in [-0.05, 0) is 30.2 Å². The Morgan fingerprint density at radius 3 is 2.26 bits per heavy atom. The number of hydrogen-bond donors (Lipinski definition) is 0. The van der Waals surface area contributed by atoms with Crippen LogP contribution in [0.1, 0.15) is 17.5 Å². The van der Waals surface area contributed by atoms with E-state index in [1.807, 2.05) is 36.4 Å². The number of rotatable bonds is 3. The minimum absolute atomic E-state index is 0.0144. The summed E-state index contributed by atoms with van der Waals surface area (Å²) in [5.41, 5.74) is 1.82. The van der Waals surface area contributed by atoms with Gasteiger partial charge in [0.15, 0.2) is 0 Å². The van der Waals surface area contributed by atoms with Crippen LogP contribution in [0.4, 0.5) is 5.69 Å². The molecule has 0 aliphatic carbocycles. The monoisotopic (exact) mass is 307 g/mol. The van der Waals surface area contributed by atoms with Gasteiger partial charge in [0.2, 0.25) is 0 Å². The number of nitro groups is 1. The molecule has 0 saturated heterocycles. The molecular formula is C18H13NO4. The lowest BCUT2D eigenvalue weighted by atomic mass is 10.0. The summed E-state index contributed by atoms with van der Waals surface area (Å²) in [7, 11) is 0. The lowest BCUT2D eigenvalue weighted by Crippen LogP contribution is -2.05. The molecule has 0 aromatic heterocycles. The van der Waals surface area contributed by atoms with Gasteiger partial charge in [0, 0.05) is 17.7 Å². The molecule has 0 unspecified atom stereocenters. The van der Waals surface area contributed by atoms with E-state index in [1.165, 1.54) is 12.1 Å². The average molecular weight is 307 g/mol. The second kappa shape index (κ2) is 6.27. The van der Waals surface area contributed by atoms with E-state index in [4.69, 9.17) is 4.74 Å². The molecule has 0 N–H and O–H groups in total. The molecule has 3 rings (SSSR count). The van der Waals surface area contributed by atoms with Gasteiger partial charge in [-0.3, -0.25) is 10.1 Å². The second-order valence-electron chi connectivity index (χ2n) is 4.98. The van der Waals surface area contributed by atoms with Gasteiger partial charge in [-0.1, -0.05) is 36.4 Å². The third-order valence-electron chi connectivity index (χ3n) is 3.50. The topological polar surface area (TPSA) is 69.4 Å². The summed E-state index contributed by atoms with van der Waals surface area (Å²) >= 11 is 0. The molecule has 1 aliphatic heterocycles. The van der Waals surface area contributed by atoms with Crippen molar-refractivity contribution in [1.82, 2.24) is 0 Å². The first-order chi connectivity index (χ1) is 11.1. The van der Waals surface area contributed by atoms with Gasteiger partial charge in [-0.15, -0.1) is 0 Å². The zero-order valence-electron chi connectivity index (χ0n) is 12.1. The maximum absolute atomic E-state index is 12.4. The first kappa shape index (κ1) is 14.7. The molecule has 0 radical (unpaired) electrons. The van der Waals surface area contributed by atoms with E-state index in [1.54, 1.807) is 18.2 Å².